The molecular weight excluding hydrogens is 232 g/mol. The molecule has 2 aliphatic rings. The number of thiazole rings is 1. The molecule has 2 bridgehead atoms. The Morgan fingerprint density at radius 3 is 2.59 bits per heavy atom. The normalized spacial score (nSPS) is 32.9. The molecular formula is C13H18N2OS. The molecule has 3 nitrogen and oxygen atoms in total. The second-order valence-electron chi connectivity index (χ2n) is 5.34. The minimum absolute atomic E-state index is 0.143. The standard InChI is InChI=1S/C13H18N2OS/c1-8(16)12-7-14-13(17-12)9-5-10-3-4-11(6-9)15(10)2/h7,9-11H,3-6H2,1-2H3. The molecule has 4 heteroatoms. The van der Waals surface area contributed by atoms with Crippen molar-refractivity contribution >= 4 is 17.1 Å². The number of fused-ring (bicyclic) bond motifs is 2. The van der Waals surface area contributed by atoms with Gasteiger partial charge in [0.05, 0.1) is 9.88 Å². The Hall–Kier alpha value is -0.740. The number of nitrogens with zero attached hydrogens (tertiary/aromatic N) is 2. The zero-order valence-electron chi connectivity index (χ0n) is 10.3. The smallest absolute Gasteiger partial charge is 0.171 e. The van der Waals surface area contributed by atoms with Crippen molar-refractivity contribution in [1.29, 1.82) is 0 Å². The number of Topliss-reactive ketones (excluding diaryl/α,β-unsaturated/α-hetero) is 1. The summed E-state index contributed by atoms with van der Waals surface area (Å²) in [6.45, 7) is 1.62. The van der Waals surface area contributed by atoms with Crippen molar-refractivity contribution in [2.75, 3.05) is 7.05 Å². The van der Waals surface area contributed by atoms with Gasteiger partial charge in [0.2, 0.25) is 0 Å². The third kappa shape index (κ3) is 1.93. The van der Waals surface area contributed by atoms with Crippen LogP contribution in [0.5, 0.6) is 0 Å². The number of carbonyl (C=O) groups is 1. The topological polar surface area (TPSA) is 33.2 Å². The Morgan fingerprint density at radius 2 is 2.06 bits per heavy atom. The summed E-state index contributed by atoms with van der Waals surface area (Å²) in [6, 6.07) is 1.48. The fraction of sp³-hybridized carbons (Fsp3) is 0.692. The molecule has 2 saturated heterocycles. The van der Waals surface area contributed by atoms with Crippen LogP contribution in [-0.4, -0.2) is 34.8 Å². The summed E-state index contributed by atoms with van der Waals surface area (Å²) in [4.78, 5) is 19.1. The van der Waals surface area contributed by atoms with E-state index in [0.717, 1.165) is 17.0 Å². The largest absolute Gasteiger partial charge is 0.300 e. The van der Waals surface area contributed by atoms with Crippen molar-refractivity contribution in [3.8, 4) is 0 Å². The van der Waals surface area contributed by atoms with E-state index in [1.54, 1.807) is 24.5 Å². The zero-order chi connectivity index (χ0) is 12.0. The van der Waals surface area contributed by atoms with Crippen molar-refractivity contribution in [2.45, 2.75) is 50.6 Å². The second kappa shape index (κ2) is 4.18. The molecule has 0 saturated carbocycles. The molecule has 0 amide bonds. The number of rotatable bonds is 2. The van der Waals surface area contributed by atoms with Gasteiger partial charge >= 0.3 is 0 Å². The van der Waals surface area contributed by atoms with Crippen LogP contribution in [-0.2, 0) is 0 Å². The van der Waals surface area contributed by atoms with Crippen LogP contribution in [0.2, 0.25) is 0 Å². The Kier molecular flexibility index (Phi) is 2.79. The van der Waals surface area contributed by atoms with E-state index in [1.807, 2.05) is 0 Å². The highest BCUT2D eigenvalue weighted by atomic mass is 32.1. The van der Waals surface area contributed by atoms with Gasteiger partial charge in [-0.25, -0.2) is 4.98 Å². The number of ketones is 1. The summed E-state index contributed by atoms with van der Waals surface area (Å²) in [7, 11) is 2.25. The molecule has 0 aromatic carbocycles. The summed E-state index contributed by atoms with van der Waals surface area (Å²) >= 11 is 1.60. The van der Waals surface area contributed by atoms with Crippen LogP contribution in [0.15, 0.2) is 6.20 Å². The lowest BCUT2D eigenvalue weighted by Gasteiger charge is -2.35. The van der Waals surface area contributed by atoms with Crippen molar-refractivity contribution in [1.82, 2.24) is 9.88 Å². The third-order valence-corrected chi connectivity index (χ3v) is 5.58. The van der Waals surface area contributed by atoms with Crippen molar-refractivity contribution < 1.29 is 4.79 Å². The molecule has 0 spiro atoms. The maximum absolute atomic E-state index is 11.3. The van der Waals surface area contributed by atoms with Crippen LogP contribution in [0.1, 0.15) is 53.2 Å². The van der Waals surface area contributed by atoms with Crippen molar-refractivity contribution in [3.63, 3.8) is 0 Å². The minimum Gasteiger partial charge on any atom is -0.300 e. The van der Waals surface area contributed by atoms with Gasteiger partial charge in [-0.3, -0.25) is 4.79 Å². The number of aromatic nitrogens is 1. The van der Waals surface area contributed by atoms with Crippen LogP contribution >= 0.6 is 11.3 Å². The van der Waals surface area contributed by atoms with Crippen molar-refractivity contribution in [2.24, 2.45) is 0 Å². The molecule has 2 aliphatic heterocycles. The molecule has 2 fully saturated rings. The lowest BCUT2D eigenvalue weighted by molar-refractivity contribution is 0.102. The summed E-state index contributed by atoms with van der Waals surface area (Å²) < 4.78 is 0. The first-order valence-electron chi connectivity index (χ1n) is 6.33. The highest BCUT2D eigenvalue weighted by Gasteiger charge is 2.39. The van der Waals surface area contributed by atoms with E-state index in [0.29, 0.717) is 5.92 Å². The Balaban J connectivity index is 1.79. The molecule has 1 aromatic rings. The highest BCUT2D eigenvalue weighted by Crippen LogP contribution is 2.42. The van der Waals surface area contributed by atoms with Gasteiger partial charge in [0.15, 0.2) is 5.78 Å². The summed E-state index contributed by atoms with van der Waals surface area (Å²) in [6.07, 6.45) is 6.86. The maximum atomic E-state index is 11.3. The quantitative estimate of drug-likeness (QED) is 0.757. The molecule has 17 heavy (non-hydrogen) atoms. The van der Waals surface area contributed by atoms with E-state index in [-0.39, 0.29) is 5.78 Å². The maximum Gasteiger partial charge on any atom is 0.171 e. The predicted molar refractivity (Wildman–Crippen MR) is 68.7 cm³/mol. The van der Waals surface area contributed by atoms with Crippen LogP contribution < -0.4 is 0 Å². The van der Waals surface area contributed by atoms with Crippen LogP contribution in [0.25, 0.3) is 0 Å². The molecule has 92 valence electrons. The Morgan fingerprint density at radius 1 is 1.41 bits per heavy atom. The summed E-state index contributed by atoms with van der Waals surface area (Å²) in [5.41, 5.74) is 0. The molecule has 3 rings (SSSR count). The number of hydrogen-bond donors (Lipinski definition) is 0. The van der Waals surface area contributed by atoms with E-state index in [4.69, 9.17) is 0 Å². The van der Waals surface area contributed by atoms with Gasteiger partial charge in [0.25, 0.3) is 0 Å². The average molecular weight is 250 g/mol. The van der Waals surface area contributed by atoms with E-state index >= 15 is 0 Å². The lowest BCUT2D eigenvalue weighted by atomic mass is 9.92. The fourth-order valence-corrected chi connectivity index (χ4v) is 4.19. The van der Waals surface area contributed by atoms with Gasteiger partial charge in [-0.15, -0.1) is 11.3 Å². The van der Waals surface area contributed by atoms with Gasteiger partial charge < -0.3 is 4.90 Å². The highest BCUT2D eigenvalue weighted by molar-refractivity contribution is 7.13. The first-order chi connectivity index (χ1) is 8.15. The molecule has 0 N–H and O–H groups in total. The van der Waals surface area contributed by atoms with Gasteiger partial charge in [-0.1, -0.05) is 0 Å². The monoisotopic (exact) mass is 250 g/mol. The second-order valence-corrected chi connectivity index (χ2v) is 6.40. The molecule has 2 unspecified atom stereocenters. The first kappa shape index (κ1) is 11.4. The van der Waals surface area contributed by atoms with E-state index in [1.165, 1.54) is 30.7 Å². The molecule has 0 aliphatic carbocycles. The number of piperidine rings is 1. The average Bonchev–Trinajstić information content (AvgIpc) is 2.83. The summed E-state index contributed by atoms with van der Waals surface area (Å²) in [5, 5.41) is 1.18. The Labute approximate surface area is 106 Å². The minimum atomic E-state index is 0.143. The van der Waals surface area contributed by atoms with E-state index < -0.39 is 0 Å². The van der Waals surface area contributed by atoms with Crippen LogP contribution in [0.3, 0.4) is 0 Å². The van der Waals surface area contributed by atoms with Crippen LogP contribution in [0, 0.1) is 0 Å². The zero-order valence-corrected chi connectivity index (χ0v) is 11.2. The molecule has 1 aromatic heterocycles. The van der Waals surface area contributed by atoms with Gasteiger partial charge in [-0.2, -0.15) is 0 Å². The first-order valence-corrected chi connectivity index (χ1v) is 7.15. The molecule has 2 atom stereocenters. The molecule has 3 heterocycles. The molecule has 0 radical (unpaired) electrons. The summed E-state index contributed by atoms with van der Waals surface area (Å²) in [5.74, 6) is 0.728. The van der Waals surface area contributed by atoms with Gasteiger partial charge in [-0.05, 0) is 32.7 Å². The third-order valence-electron chi connectivity index (χ3n) is 4.32. The number of carbonyl (C=O) groups excluding carboxylic acids is 1. The van der Waals surface area contributed by atoms with Gasteiger partial charge in [0.1, 0.15) is 0 Å². The number of hydrogen-bond acceptors (Lipinski definition) is 4. The van der Waals surface area contributed by atoms with Gasteiger partial charge in [0, 0.05) is 31.1 Å². The lowest BCUT2D eigenvalue weighted by Crippen LogP contribution is -2.39. The van der Waals surface area contributed by atoms with Crippen molar-refractivity contribution in [3.05, 3.63) is 16.1 Å². The predicted octanol–water partition coefficient (Wildman–Crippen LogP) is 2.69. The van der Waals surface area contributed by atoms with E-state index in [2.05, 4.69) is 16.9 Å². The van der Waals surface area contributed by atoms with E-state index in [9.17, 15) is 4.79 Å². The van der Waals surface area contributed by atoms with Crippen LogP contribution in [0.4, 0.5) is 0 Å². The fourth-order valence-electron chi connectivity index (χ4n) is 3.25. The SMILES string of the molecule is CC(=O)c1cnc(C2CC3CCC(C2)N3C)s1. The Bertz CT molecular complexity index is 428.